The zero-order valence-electron chi connectivity index (χ0n) is 29.6. The predicted molar refractivity (Wildman–Crippen MR) is 188 cm³/mol. The number of benzene rings is 1. The van der Waals surface area contributed by atoms with Crippen molar-refractivity contribution in [1.29, 1.82) is 0 Å². The van der Waals surface area contributed by atoms with Crippen LogP contribution in [0.15, 0.2) is 42.6 Å². The van der Waals surface area contributed by atoms with Crippen LogP contribution in [-0.4, -0.2) is 83.2 Å². The summed E-state index contributed by atoms with van der Waals surface area (Å²) in [6.07, 6.45) is 8.39. The van der Waals surface area contributed by atoms with Gasteiger partial charge in [-0.25, -0.2) is 22.6 Å². The van der Waals surface area contributed by atoms with Gasteiger partial charge in [-0.3, -0.25) is 19.1 Å². The van der Waals surface area contributed by atoms with Gasteiger partial charge < -0.3 is 25.0 Å². The van der Waals surface area contributed by atoms with E-state index in [0.717, 1.165) is 19.3 Å². The maximum Gasteiger partial charge on any atom is 0.408 e. The molecule has 52 heavy (non-hydrogen) atoms. The number of nitrogens with zero attached hydrogens (tertiary/aromatic N) is 2. The van der Waals surface area contributed by atoms with Crippen LogP contribution in [-0.2, 0) is 29.1 Å². The first-order chi connectivity index (χ1) is 24.7. The van der Waals surface area contributed by atoms with E-state index in [0.29, 0.717) is 36.5 Å². The van der Waals surface area contributed by atoms with E-state index < -0.39 is 80.2 Å². The molecule has 4 amide bonds. The van der Waals surface area contributed by atoms with Crippen molar-refractivity contribution in [3.8, 4) is 5.88 Å². The van der Waals surface area contributed by atoms with Crippen molar-refractivity contribution in [1.82, 2.24) is 25.2 Å². The van der Waals surface area contributed by atoms with Crippen molar-refractivity contribution >= 4 is 44.6 Å². The average molecular weight is 740 g/mol. The summed E-state index contributed by atoms with van der Waals surface area (Å²) in [6.45, 7) is 5.70. The molecule has 280 valence electrons. The van der Waals surface area contributed by atoms with E-state index in [2.05, 4.69) is 27.3 Å². The van der Waals surface area contributed by atoms with Crippen molar-refractivity contribution < 1.29 is 41.5 Å². The van der Waals surface area contributed by atoms with Crippen molar-refractivity contribution in [2.75, 3.05) is 6.54 Å². The van der Waals surface area contributed by atoms with E-state index in [1.165, 1.54) is 23.2 Å². The zero-order valence-corrected chi connectivity index (χ0v) is 30.4. The molecule has 2 aliphatic heterocycles. The third-order valence-electron chi connectivity index (χ3n) is 11.2. The number of alkyl carbamates (subject to hydrolysis) is 1. The largest absolute Gasteiger partial charge is 0.472 e. The maximum atomic E-state index is 14.7. The highest BCUT2D eigenvalue weighted by Crippen LogP contribution is 2.46. The second-order valence-corrected chi connectivity index (χ2v) is 17.7. The molecule has 7 rings (SSSR count). The van der Waals surface area contributed by atoms with Gasteiger partial charge in [0.15, 0.2) is 0 Å². The summed E-state index contributed by atoms with van der Waals surface area (Å²) in [5, 5.41) is 6.13. The minimum absolute atomic E-state index is 0.0104. The van der Waals surface area contributed by atoms with Gasteiger partial charge in [-0.2, -0.15) is 0 Å². The first-order valence-electron chi connectivity index (χ1n) is 18.2. The first-order valence-corrected chi connectivity index (χ1v) is 19.8. The molecule has 3 saturated carbocycles. The summed E-state index contributed by atoms with van der Waals surface area (Å²) in [7, 11) is -3.91. The molecule has 0 unspecified atom stereocenters. The Morgan fingerprint density at radius 3 is 2.60 bits per heavy atom. The second kappa shape index (κ2) is 13.6. The van der Waals surface area contributed by atoms with E-state index in [9.17, 15) is 32.0 Å². The standard InChI is InChI=1S/C37H46FN5O8S/c1-21-6-4-5-7-24-19-37(24,34(46)42-52(48,49)27-10-11-27)41-31(44)29-18-26(50-32-28-17-25(38)9-8-23(28)12-15-39-32)20-43(29)33(45)30(22(2)16-21)40-35(47)51-36(3)13-14-36/h5,7-9,12,15,17,21-22,24,26-27,29-30H,4,6,10-11,13-14,16,18-20H2,1-3H3,(H,40,47)(H,41,44)(H,42,46)/b7-5-/t21-,22-,24-,26-,29+,30+,37-/m1/s1. The highest BCUT2D eigenvalue weighted by atomic mass is 32.2. The van der Waals surface area contributed by atoms with Crippen LogP contribution in [0.1, 0.15) is 78.6 Å². The van der Waals surface area contributed by atoms with Gasteiger partial charge >= 0.3 is 6.09 Å². The summed E-state index contributed by atoms with van der Waals surface area (Å²) in [4.78, 5) is 61.6. The number of pyridine rings is 1. The lowest BCUT2D eigenvalue weighted by atomic mass is 9.88. The molecule has 4 fully saturated rings. The van der Waals surface area contributed by atoms with Crippen molar-refractivity contribution in [2.24, 2.45) is 17.8 Å². The summed E-state index contributed by atoms with van der Waals surface area (Å²) in [5.74, 6) is -2.99. The molecule has 0 radical (unpaired) electrons. The van der Waals surface area contributed by atoms with Crippen LogP contribution < -0.4 is 20.1 Å². The van der Waals surface area contributed by atoms with Gasteiger partial charge in [-0.05, 0) is 93.7 Å². The van der Waals surface area contributed by atoms with Gasteiger partial charge in [0.2, 0.25) is 27.7 Å². The average Bonchev–Trinajstić information content (AvgIpc) is 4.02. The summed E-state index contributed by atoms with van der Waals surface area (Å²) < 4.78 is 54.1. The molecule has 2 aromatic rings. The predicted octanol–water partition coefficient (Wildman–Crippen LogP) is 3.87. The van der Waals surface area contributed by atoms with Crippen LogP contribution in [0.4, 0.5) is 9.18 Å². The number of carbonyl (C=O) groups excluding carboxylic acids is 4. The molecule has 15 heteroatoms. The number of allylic oxidation sites excluding steroid dienone is 1. The second-order valence-electron chi connectivity index (χ2n) is 15.7. The number of carbonyl (C=O) groups is 4. The molecule has 3 heterocycles. The van der Waals surface area contributed by atoms with E-state index in [1.807, 2.05) is 26.0 Å². The summed E-state index contributed by atoms with van der Waals surface area (Å²) in [5.41, 5.74) is -2.11. The SMILES string of the molecule is C[C@@H]1CC/C=C\[C@@H]2C[C@@]2(C(=O)NS(=O)(=O)C2CC2)NC(=O)[C@@H]2C[C@@H](Oc3nccc4ccc(F)cc34)CN2C(=O)[C@@H](NC(=O)OC2(C)CC2)[C@H](C)C1. The van der Waals surface area contributed by atoms with Gasteiger partial charge in [0.05, 0.1) is 11.8 Å². The number of fused-ring (bicyclic) bond motifs is 3. The molecule has 0 spiro atoms. The summed E-state index contributed by atoms with van der Waals surface area (Å²) >= 11 is 0. The normalized spacial score (nSPS) is 32.3. The van der Waals surface area contributed by atoms with E-state index in [1.54, 1.807) is 12.1 Å². The number of nitrogens with one attached hydrogen (secondary N) is 3. The smallest absolute Gasteiger partial charge is 0.408 e. The fourth-order valence-corrected chi connectivity index (χ4v) is 8.89. The minimum Gasteiger partial charge on any atom is -0.472 e. The number of hydrogen-bond acceptors (Lipinski definition) is 9. The van der Waals surface area contributed by atoms with Crippen LogP contribution >= 0.6 is 0 Å². The molecule has 5 aliphatic rings. The molecule has 1 aromatic heterocycles. The Labute approximate surface area is 302 Å². The topological polar surface area (TPSA) is 173 Å². The Morgan fingerprint density at radius 2 is 1.87 bits per heavy atom. The third-order valence-corrected chi connectivity index (χ3v) is 13.0. The number of halogens is 1. The Hall–Kier alpha value is -4.27. The Morgan fingerprint density at radius 1 is 1.10 bits per heavy atom. The number of ether oxygens (including phenoxy) is 2. The van der Waals surface area contributed by atoms with E-state index in [-0.39, 0.29) is 37.1 Å². The molecule has 3 aliphatic carbocycles. The van der Waals surface area contributed by atoms with Gasteiger partial charge in [-0.1, -0.05) is 32.1 Å². The number of rotatable bonds is 7. The first kappa shape index (κ1) is 36.1. The van der Waals surface area contributed by atoms with E-state index >= 15 is 0 Å². The number of aromatic nitrogens is 1. The lowest BCUT2D eigenvalue weighted by molar-refractivity contribution is -0.142. The summed E-state index contributed by atoms with van der Waals surface area (Å²) in [6, 6.07) is 3.74. The molecule has 1 saturated heterocycles. The number of hydrogen-bond donors (Lipinski definition) is 3. The fraction of sp³-hybridized carbons (Fsp3) is 0.595. The monoisotopic (exact) mass is 739 g/mol. The molecular formula is C37H46FN5O8S. The highest BCUT2D eigenvalue weighted by Gasteiger charge is 2.62. The molecule has 13 nitrogen and oxygen atoms in total. The number of amides is 4. The lowest BCUT2D eigenvalue weighted by Crippen LogP contribution is -2.59. The van der Waals surface area contributed by atoms with Crippen LogP contribution in [0.3, 0.4) is 0 Å². The zero-order chi connectivity index (χ0) is 37.0. The van der Waals surface area contributed by atoms with Gasteiger partial charge in [0.1, 0.15) is 35.1 Å². The van der Waals surface area contributed by atoms with E-state index in [4.69, 9.17) is 9.47 Å². The minimum atomic E-state index is -3.91. The Kier molecular flexibility index (Phi) is 9.45. The molecular weight excluding hydrogens is 693 g/mol. The van der Waals surface area contributed by atoms with Crippen LogP contribution in [0.25, 0.3) is 10.8 Å². The maximum absolute atomic E-state index is 14.7. The van der Waals surface area contributed by atoms with Crippen molar-refractivity contribution in [2.45, 2.75) is 113 Å². The van der Waals surface area contributed by atoms with Crippen molar-refractivity contribution in [3.05, 3.63) is 48.4 Å². The molecule has 3 N–H and O–H groups in total. The Bertz CT molecular complexity index is 1920. The molecule has 1 aromatic carbocycles. The van der Waals surface area contributed by atoms with Crippen LogP contribution in [0.2, 0.25) is 0 Å². The third kappa shape index (κ3) is 7.60. The Balaban J connectivity index is 1.21. The van der Waals surface area contributed by atoms with Gasteiger partial charge in [-0.15, -0.1) is 0 Å². The highest BCUT2D eigenvalue weighted by molar-refractivity contribution is 7.91. The quantitative estimate of drug-likeness (QED) is 0.357. The number of sulfonamides is 1. The van der Waals surface area contributed by atoms with Crippen LogP contribution in [0.5, 0.6) is 5.88 Å². The molecule has 0 bridgehead atoms. The fourth-order valence-electron chi connectivity index (χ4n) is 7.52. The van der Waals surface area contributed by atoms with Gasteiger partial charge in [0.25, 0.3) is 5.91 Å². The van der Waals surface area contributed by atoms with Crippen molar-refractivity contribution in [3.63, 3.8) is 0 Å². The van der Waals surface area contributed by atoms with Crippen LogP contribution in [0, 0.1) is 23.6 Å². The van der Waals surface area contributed by atoms with Gasteiger partial charge in [0, 0.05) is 23.9 Å². The lowest BCUT2D eigenvalue weighted by Gasteiger charge is -2.33. The molecule has 7 atom stereocenters.